The van der Waals surface area contributed by atoms with Gasteiger partial charge in [0.2, 0.25) is 11.7 Å². The fourth-order valence-electron chi connectivity index (χ4n) is 2.86. The number of benzene rings is 2. The largest absolute Gasteiger partial charge is 0.339 e. The predicted octanol–water partition coefficient (Wildman–Crippen LogP) is 3.64. The van der Waals surface area contributed by atoms with Crippen LogP contribution in [0.5, 0.6) is 0 Å². The van der Waals surface area contributed by atoms with Gasteiger partial charge in [0.25, 0.3) is 0 Å². The van der Waals surface area contributed by atoms with Crippen molar-refractivity contribution in [2.75, 3.05) is 16.8 Å². The maximum atomic E-state index is 12.5. The van der Waals surface area contributed by atoms with Crippen LogP contribution in [0.3, 0.4) is 0 Å². The lowest BCUT2D eigenvalue weighted by molar-refractivity contribution is 0.257. The van der Waals surface area contributed by atoms with Crippen molar-refractivity contribution in [1.82, 2.24) is 10.1 Å². The minimum absolute atomic E-state index is 0.122. The van der Waals surface area contributed by atoms with Crippen LogP contribution in [0.25, 0.3) is 11.4 Å². The number of aryl methyl sites for hydroxylation is 1. The Morgan fingerprint density at radius 1 is 1.17 bits per heavy atom. The van der Waals surface area contributed by atoms with Gasteiger partial charge in [0.1, 0.15) is 0 Å². The molecule has 4 rings (SSSR count). The van der Waals surface area contributed by atoms with E-state index in [-0.39, 0.29) is 6.03 Å². The van der Waals surface area contributed by atoms with E-state index in [1.807, 2.05) is 42.5 Å². The third-order valence-electron chi connectivity index (χ3n) is 4.05. The van der Waals surface area contributed by atoms with Gasteiger partial charge in [-0.25, -0.2) is 4.79 Å². The highest BCUT2D eigenvalue weighted by molar-refractivity contribution is 6.03. The van der Waals surface area contributed by atoms with Crippen molar-refractivity contribution in [3.63, 3.8) is 0 Å². The zero-order valence-corrected chi connectivity index (χ0v) is 13.2. The summed E-state index contributed by atoms with van der Waals surface area (Å²) in [5.74, 6) is 1.06. The Hall–Kier alpha value is -3.15. The molecule has 24 heavy (non-hydrogen) atoms. The van der Waals surface area contributed by atoms with Crippen molar-refractivity contribution < 1.29 is 9.32 Å². The van der Waals surface area contributed by atoms with Crippen molar-refractivity contribution in [3.8, 4) is 11.4 Å². The van der Waals surface area contributed by atoms with Crippen molar-refractivity contribution in [3.05, 3.63) is 60.0 Å². The highest BCUT2D eigenvalue weighted by Gasteiger charge is 2.24. The zero-order valence-electron chi connectivity index (χ0n) is 13.2. The molecule has 1 aliphatic heterocycles. The molecule has 2 heterocycles. The summed E-state index contributed by atoms with van der Waals surface area (Å²) in [7, 11) is 0. The summed E-state index contributed by atoms with van der Waals surface area (Å²) in [6.45, 7) is 2.45. The van der Waals surface area contributed by atoms with Gasteiger partial charge in [-0.05, 0) is 42.3 Å². The summed E-state index contributed by atoms with van der Waals surface area (Å²) in [6.07, 6.45) is 0.889. The van der Waals surface area contributed by atoms with Gasteiger partial charge in [0.15, 0.2) is 0 Å². The summed E-state index contributed by atoms with van der Waals surface area (Å²) in [5, 5.41) is 6.81. The Morgan fingerprint density at radius 2 is 1.96 bits per heavy atom. The Balaban J connectivity index is 1.49. The lowest BCUT2D eigenvalue weighted by Gasteiger charge is -2.18. The van der Waals surface area contributed by atoms with Gasteiger partial charge in [-0.3, -0.25) is 4.90 Å². The number of nitrogens with one attached hydrogen (secondary N) is 1. The highest BCUT2D eigenvalue weighted by atomic mass is 16.5. The number of hydrogen-bond donors (Lipinski definition) is 1. The second kappa shape index (κ2) is 5.81. The van der Waals surface area contributed by atoms with E-state index in [4.69, 9.17) is 4.52 Å². The first-order chi connectivity index (χ1) is 11.7. The number of nitrogens with zero attached hydrogens (tertiary/aromatic N) is 3. The molecule has 2 amide bonds. The standard InChI is InChI=1S/C18H16N4O2/c1-12-19-17(21-24-12)14-6-8-15(9-7-14)20-18(23)22-11-10-13-4-2-3-5-16(13)22/h2-9H,10-11H2,1H3,(H,20,23). The molecule has 0 fully saturated rings. The Kier molecular flexibility index (Phi) is 3.49. The second-order valence-electron chi connectivity index (χ2n) is 5.67. The molecule has 0 bridgehead atoms. The van der Waals surface area contributed by atoms with Gasteiger partial charge in [-0.2, -0.15) is 4.98 Å². The summed E-state index contributed by atoms with van der Waals surface area (Å²) in [4.78, 5) is 18.5. The molecular weight excluding hydrogens is 304 g/mol. The summed E-state index contributed by atoms with van der Waals surface area (Å²) < 4.78 is 4.98. The topological polar surface area (TPSA) is 71.3 Å². The van der Waals surface area contributed by atoms with Gasteiger partial charge < -0.3 is 9.84 Å². The molecule has 1 N–H and O–H groups in total. The molecule has 0 saturated carbocycles. The predicted molar refractivity (Wildman–Crippen MR) is 91.0 cm³/mol. The van der Waals surface area contributed by atoms with Crippen molar-refractivity contribution >= 4 is 17.4 Å². The van der Waals surface area contributed by atoms with E-state index in [1.165, 1.54) is 5.56 Å². The number of aromatic nitrogens is 2. The quantitative estimate of drug-likeness (QED) is 0.782. The summed E-state index contributed by atoms with van der Waals surface area (Å²) in [6, 6.07) is 15.2. The first kappa shape index (κ1) is 14.4. The molecule has 120 valence electrons. The third kappa shape index (κ3) is 2.62. The summed E-state index contributed by atoms with van der Waals surface area (Å²) >= 11 is 0. The number of rotatable bonds is 2. The number of fused-ring (bicyclic) bond motifs is 1. The highest BCUT2D eigenvalue weighted by Crippen LogP contribution is 2.28. The van der Waals surface area contributed by atoms with E-state index in [0.717, 1.165) is 23.4 Å². The maximum Gasteiger partial charge on any atom is 0.326 e. The van der Waals surface area contributed by atoms with Crippen LogP contribution in [0.15, 0.2) is 53.1 Å². The second-order valence-corrected chi connectivity index (χ2v) is 5.67. The molecule has 2 aromatic carbocycles. The molecule has 0 unspecified atom stereocenters. The third-order valence-corrected chi connectivity index (χ3v) is 4.05. The molecule has 6 heteroatoms. The molecular formula is C18H16N4O2. The molecule has 0 saturated heterocycles. The molecule has 0 atom stereocenters. The minimum atomic E-state index is -0.122. The van der Waals surface area contributed by atoms with Crippen molar-refractivity contribution in [1.29, 1.82) is 0 Å². The van der Waals surface area contributed by atoms with Gasteiger partial charge in [-0.15, -0.1) is 0 Å². The average Bonchev–Trinajstić information content (AvgIpc) is 3.22. The van der Waals surface area contributed by atoms with E-state index in [1.54, 1.807) is 11.8 Å². The minimum Gasteiger partial charge on any atom is -0.339 e. The molecule has 0 radical (unpaired) electrons. The molecule has 3 aromatic rings. The van der Waals surface area contributed by atoms with Crippen LogP contribution >= 0.6 is 0 Å². The van der Waals surface area contributed by atoms with Crippen molar-refractivity contribution in [2.24, 2.45) is 0 Å². The zero-order chi connectivity index (χ0) is 16.5. The summed E-state index contributed by atoms with van der Waals surface area (Å²) in [5.41, 5.74) is 3.76. The lowest BCUT2D eigenvalue weighted by atomic mass is 10.2. The number of urea groups is 1. The number of amides is 2. The smallest absolute Gasteiger partial charge is 0.326 e. The molecule has 0 aliphatic carbocycles. The number of carbonyl (C=O) groups excluding carboxylic acids is 1. The van der Waals surface area contributed by atoms with Crippen LogP contribution < -0.4 is 10.2 Å². The van der Waals surface area contributed by atoms with Gasteiger partial charge in [-0.1, -0.05) is 23.4 Å². The maximum absolute atomic E-state index is 12.5. The molecule has 1 aromatic heterocycles. The van der Waals surface area contributed by atoms with Crippen molar-refractivity contribution in [2.45, 2.75) is 13.3 Å². The van der Waals surface area contributed by atoms with Crippen LogP contribution in [0, 0.1) is 6.92 Å². The number of para-hydroxylation sites is 1. The SMILES string of the molecule is Cc1nc(-c2ccc(NC(=O)N3CCc4ccccc43)cc2)no1. The normalized spacial score (nSPS) is 13.0. The van der Waals surface area contributed by atoms with E-state index >= 15 is 0 Å². The van der Waals surface area contributed by atoms with Crippen LogP contribution in [0.2, 0.25) is 0 Å². The van der Waals surface area contributed by atoms with Crippen LogP contribution in [0.1, 0.15) is 11.5 Å². The van der Waals surface area contributed by atoms with Gasteiger partial charge in [0.05, 0.1) is 0 Å². The molecule has 0 spiro atoms. The first-order valence-electron chi connectivity index (χ1n) is 7.78. The fourth-order valence-corrected chi connectivity index (χ4v) is 2.86. The van der Waals surface area contributed by atoms with Crippen LogP contribution in [-0.2, 0) is 6.42 Å². The van der Waals surface area contributed by atoms with E-state index in [2.05, 4.69) is 21.5 Å². The van der Waals surface area contributed by atoms with Gasteiger partial charge in [0, 0.05) is 30.4 Å². The van der Waals surface area contributed by atoms with Gasteiger partial charge >= 0.3 is 6.03 Å². The van der Waals surface area contributed by atoms with E-state index in [0.29, 0.717) is 18.3 Å². The van der Waals surface area contributed by atoms with Crippen LogP contribution in [0.4, 0.5) is 16.2 Å². The molecule has 6 nitrogen and oxygen atoms in total. The number of carbonyl (C=O) groups is 1. The Labute approximate surface area is 139 Å². The first-order valence-corrected chi connectivity index (χ1v) is 7.78. The number of hydrogen-bond acceptors (Lipinski definition) is 4. The number of anilines is 2. The lowest BCUT2D eigenvalue weighted by Crippen LogP contribution is -2.33. The molecule has 1 aliphatic rings. The fraction of sp³-hybridized carbons (Fsp3) is 0.167. The van der Waals surface area contributed by atoms with E-state index < -0.39 is 0 Å². The monoisotopic (exact) mass is 320 g/mol. The van der Waals surface area contributed by atoms with E-state index in [9.17, 15) is 4.79 Å². The Bertz CT molecular complexity index is 886. The average molecular weight is 320 g/mol. The van der Waals surface area contributed by atoms with Crippen LogP contribution in [-0.4, -0.2) is 22.7 Å². The Morgan fingerprint density at radius 3 is 2.71 bits per heavy atom.